The van der Waals surface area contributed by atoms with E-state index in [9.17, 15) is 23.5 Å². The topological polar surface area (TPSA) is 75.6 Å². The Hall–Kier alpha value is -2.28. The number of fused-ring (bicyclic) bond motifs is 2. The van der Waals surface area contributed by atoms with Crippen LogP contribution in [-0.4, -0.2) is 29.2 Å². The molecule has 0 saturated carbocycles. The van der Waals surface area contributed by atoms with Crippen molar-refractivity contribution in [2.24, 2.45) is 11.8 Å². The first-order chi connectivity index (χ1) is 9.97. The summed E-state index contributed by atoms with van der Waals surface area (Å²) in [5.41, 5.74) is 0.0646. The molecule has 2 N–H and O–H groups in total. The highest BCUT2D eigenvalue weighted by molar-refractivity contribution is 5.96. The van der Waals surface area contributed by atoms with E-state index in [0.29, 0.717) is 0 Å². The number of hydrogen-bond donors (Lipinski definition) is 2. The molecular formula is C14H11F2NO4. The van der Waals surface area contributed by atoms with E-state index in [4.69, 9.17) is 4.74 Å². The van der Waals surface area contributed by atoms with Crippen LogP contribution >= 0.6 is 0 Å². The third-order valence-corrected chi connectivity index (χ3v) is 3.67. The average molecular weight is 295 g/mol. The molecule has 0 spiro atoms. The van der Waals surface area contributed by atoms with Crippen molar-refractivity contribution in [3.05, 3.63) is 42.0 Å². The Morgan fingerprint density at radius 1 is 1.10 bits per heavy atom. The van der Waals surface area contributed by atoms with Crippen molar-refractivity contribution < 1.29 is 28.2 Å². The number of rotatable bonds is 3. The predicted molar refractivity (Wildman–Crippen MR) is 67.4 cm³/mol. The predicted octanol–water partition coefficient (Wildman–Crippen LogP) is 1.56. The van der Waals surface area contributed by atoms with Crippen molar-refractivity contribution in [3.8, 4) is 0 Å². The van der Waals surface area contributed by atoms with Crippen LogP contribution in [0.25, 0.3) is 0 Å². The summed E-state index contributed by atoms with van der Waals surface area (Å²) in [5, 5.41) is 11.6. The van der Waals surface area contributed by atoms with Crippen LogP contribution in [0, 0.1) is 23.5 Å². The highest BCUT2D eigenvalue weighted by Gasteiger charge is 2.53. The molecule has 21 heavy (non-hydrogen) atoms. The Morgan fingerprint density at radius 3 is 2.38 bits per heavy atom. The fourth-order valence-electron chi connectivity index (χ4n) is 2.71. The van der Waals surface area contributed by atoms with Gasteiger partial charge in [-0.15, -0.1) is 0 Å². The average Bonchev–Trinajstić information content (AvgIpc) is 3.03. The van der Waals surface area contributed by atoms with Gasteiger partial charge in [-0.3, -0.25) is 9.59 Å². The van der Waals surface area contributed by atoms with Crippen LogP contribution in [-0.2, 0) is 14.3 Å². The van der Waals surface area contributed by atoms with Gasteiger partial charge in [-0.25, -0.2) is 8.78 Å². The van der Waals surface area contributed by atoms with Crippen LogP contribution in [0.2, 0.25) is 0 Å². The number of carbonyl (C=O) groups excluding carboxylic acids is 1. The number of aliphatic carboxylic acids is 1. The Labute approximate surface area is 118 Å². The summed E-state index contributed by atoms with van der Waals surface area (Å²) >= 11 is 0. The molecule has 1 saturated heterocycles. The summed E-state index contributed by atoms with van der Waals surface area (Å²) in [7, 11) is 0. The highest BCUT2D eigenvalue weighted by Crippen LogP contribution is 2.39. The second-order valence-corrected chi connectivity index (χ2v) is 4.96. The minimum atomic E-state index is -1.13. The summed E-state index contributed by atoms with van der Waals surface area (Å²) in [4.78, 5) is 23.5. The SMILES string of the molecule is O=C(O)[C@H]1[C@H](C(=O)Nc2ccc(F)c(F)c2)[C@H]2C=C[C@H]1O2. The fourth-order valence-corrected chi connectivity index (χ4v) is 2.71. The molecule has 4 atom stereocenters. The van der Waals surface area contributed by atoms with Gasteiger partial charge in [0.2, 0.25) is 5.91 Å². The third-order valence-electron chi connectivity index (χ3n) is 3.67. The van der Waals surface area contributed by atoms with Crippen molar-refractivity contribution >= 4 is 17.6 Å². The zero-order chi connectivity index (χ0) is 15.1. The van der Waals surface area contributed by atoms with E-state index in [1.165, 1.54) is 6.07 Å². The maximum absolute atomic E-state index is 13.1. The Morgan fingerprint density at radius 2 is 1.76 bits per heavy atom. The van der Waals surface area contributed by atoms with E-state index in [2.05, 4.69) is 5.32 Å². The van der Waals surface area contributed by atoms with E-state index in [-0.39, 0.29) is 5.69 Å². The second-order valence-electron chi connectivity index (χ2n) is 4.96. The Bertz CT molecular complexity index is 646. The molecule has 2 aliphatic heterocycles. The number of ether oxygens (including phenoxy) is 1. The van der Waals surface area contributed by atoms with Crippen LogP contribution in [0.1, 0.15) is 0 Å². The normalized spacial score (nSPS) is 29.6. The summed E-state index contributed by atoms with van der Waals surface area (Å²) < 4.78 is 31.3. The van der Waals surface area contributed by atoms with Crippen LogP contribution < -0.4 is 5.32 Å². The van der Waals surface area contributed by atoms with E-state index in [0.717, 1.165) is 12.1 Å². The monoisotopic (exact) mass is 295 g/mol. The lowest BCUT2D eigenvalue weighted by Crippen LogP contribution is -2.39. The molecule has 2 aliphatic rings. The minimum Gasteiger partial charge on any atom is -0.481 e. The van der Waals surface area contributed by atoms with E-state index in [1.807, 2.05) is 0 Å². The van der Waals surface area contributed by atoms with Gasteiger partial charge in [0.1, 0.15) is 5.92 Å². The molecular weight excluding hydrogens is 284 g/mol. The van der Waals surface area contributed by atoms with Gasteiger partial charge in [-0.1, -0.05) is 12.2 Å². The van der Waals surface area contributed by atoms with Gasteiger partial charge < -0.3 is 15.2 Å². The molecule has 3 rings (SSSR count). The van der Waals surface area contributed by atoms with Crippen LogP contribution in [0.15, 0.2) is 30.4 Å². The molecule has 0 unspecified atom stereocenters. The lowest BCUT2D eigenvalue weighted by Gasteiger charge is -2.21. The first-order valence-electron chi connectivity index (χ1n) is 6.30. The fraction of sp³-hybridized carbons (Fsp3) is 0.286. The number of carboxylic acid groups (broad SMARTS) is 1. The maximum atomic E-state index is 13.1. The van der Waals surface area contributed by atoms with Gasteiger partial charge in [-0.2, -0.15) is 0 Å². The molecule has 1 aromatic carbocycles. The zero-order valence-electron chi connectivity index (χ0n) is 10.6. The third kappa shape index (κ3) is 2.29. The molecule has 0 aromatic heterocycles. The molecule has 2 bridgehead atoms. The minimum absolute atomic E-state index is 0.0646. The van der Waals surface area contributed by atoms with Crippen LogP contribution in [0.3, 0.4) is 0 Å². The molecule has 1 amide bonds. The molecule has 0 aliphatic carbocycles. The van der Waals surface area contributed by atoms with Gasteiger partial charge >= 0.3 is 5.97 Å². The number of hydrogen-bond acceptors (Lipinski definition) is 3. The molecule has 0 radical (unpaired) electrons. The van der Waals surface area contributed by atoms with E-state index >= 15 is 0 Å². The zero-order valence-corrected chi connectivity index (χ0v) is 10.6. The van der Waals surface area contributed by atoms with Crippen molar-refractivity contribution in [2.75, 3.05) is 5.32 Å². The second kappa shape index (κ2) is 4.92. The number of nitrogens with one attached hydrogen (secondary N) is 1. The van der Waals surface area contributed by atoms with Crippen molar-refractivity contribution in [1.82, 2.24) is 0 Å². The van der Waals surface area contributed by atoms with E-state index < -0.39 is 47.6 Å². The molecule has 7 heteroatoms. The number of carboxylic acids is 1. The molecule has 1 aromatic rings. The number of carbonyl (C=O) groups is 2. The largest absolute Gasteiger partial charge is 0.481 e. The Kier molecular flexibility index (Phi) is 3.21. The number of amides is 1. The lowest BCUT2D eigenvalue weighted by molar-refractivity contribution is -0.145. The van der Waals surface area contributed by atoms with Gasteiger partial charge in [0, 0.05) is 11.8 Å². The van der Waals surface area contributed by atoms with Crippen molar-refractivity contribution in [2.45, 2.75) is 12.2 Å². The van der Waals surface area contributed by atoms with Crippen LogP contribution in [0.4, 0.5) is 14.5 Å². The summed E-state index contributed by atoms with van der Waals surface area (Å²) in [6.07, 6.45) is 2.01. The summed E-state index contributed by atoms with van der Waals surface area (Å²) in [6.45, 7) is 0. The molecule has 5 nitrogen and oxygen atoms in total. The first kappa shape index (κ1) is 13.7. The summed E-state index contributed by atoms with van der Waals surface area (Å²) in [5.74, 6) is -5.72. The van der Waals surface area contributed by atoms with Crippen LogP contribution in [0.5, 0.6) is 0 Å². The Balaban J connectivity index is 1.80. The van der Waals surface area contributed by atoms with E-state index in [1.54, 1.807) is 12.2 Å². The van der Waals surface area contributed by atoms with Gasteiger partial charge in [0.05, 0.1) is 18.1 Å². The lowest BCUT2D eigenvalue weighted by atomic mass is 9.82. The molecule has 2 heterocycles. The molecule has 110 valence electrons. The van der Waals surface area contributed by atoms with Gasteiger partial charge in [-0.05, 0) is 12.1 Å². The number of anilines is 1. The number of halogens is 2. The number of benzene rings is 1. The van der Waals surface area contributed by atoms with Crippen molar-refractivity contribution in [3.63, 3.8) is 0 Å². The van der Waals surface area contributed by atoms with Gasteiger partial charge in [0.25, 0.3) is 0 Å². The summed E-state index contributed by atoms with van der Waals surface area (Å²) in [6, 6.07) is 2.93. The first-order valence-corrected chi connectivity index (χ1v) is 6.30. The maximum Gasteiger partial charge on any atom is 0.310 e. The van der Waals surface area contributed by atoms with Crippen molar-refractivity contribution in [1.29, 1.82) is 0 Å². The standard InChI is InChI=1S/C14H11F2NO4/c15-7-2-1-6(5-8(7)16)17-13(18)11-9-3-4-10(21-9)12(11)14(19)20/h1-5,9-12H,(H,17,18)(H,19,20)/t9-,10-,11-,12-/m1/s1. The smallest absolute Gasteiger partial charge is 0.310 e. The quantitative estimate of drug-likeness (QED) is 0.830. The van der Waals surface area contributed by atoms with Gasteiger partial charge in [0.15, 0.2) is 11.6 Å². The highest BCUT2D eigenvalue weighted by atomic mass is 19.2. The molecule has 1 fully saturated rings.